The van der Waals surface area contributed by atoms with E-state index in [1.165, 1.54) is 17.4 Å². The van der Waals surface area contributed by atoms with Crippen LogP contribution in [0.2, 0.25) is 0 Å². The van der Waals surface area contributed by atoms with E-state index < -0.39 is 11.8 Å². The smallest absolute Gasteiger partial charge is 0.313 e. The monoisotopic (exact) mass is 506 g/mol. The summed E-state index contributed by atoms with van der Waals surface area (Å²) in [5.74, 6) is -0.352. The highest BCUT2D eigenvalue weighted by Gasteiger charge is 2.34. The van der Waals surface area contributed by atoms with Gasteiger partial charge in [0, 0.05) is 44.5 Å². The van der Waals surface area contributed by atoms with Crippen molar-refractivity contribution in [1.29, 1.82) is 0 Å². The summed E-state index contributed by atoms with van der Waals surface area (Å²) in [5.41, 5.74) is 10.8. The van der Waals surface area contributed by atoms with E-state index in [9.17, 15) is 9.59 Å². The van der Waals surface area contributed by atoms with Gasteiger partial charge in [0.2, 0.25) is 0 Å². The van der Waals surface area contributed by atoms with Crippen LogP contribution >= 0.6 is 0 Å². The van der Waals surface area contributed by atoms with Crippen molar-refractivity contribution >= 4 is 29.0 Å². The summed E-state index contributed by atoms with van der Waals surface area (Å²) in [6.45, 7) is 15.5. The van der Waals surface area contributed by atoms with E-state index in [1.54, 1.807) is 11.0 Å². The van der Waals surface area contributed by atoms with Crippen molar-refractivity contribution in [3.05, 3.63) is 47.2 Å². The maximum absolute atomic E-state index is 13.4. The number of likely N-dealkylation sites (tertiary alicyclic amines) is 1. The van der Waals surface area contributed by atoms with E-state index in [-0.39, 0.29) is 6.04 Å². The highest BCUT2D eigenvalue weighted by Crippen LogP contribution is 2.35. The van der Waals surface area contributed by atoms with Crippen LogP contribution in [0.3, 0.4) is 0 Å². The average Bonchev–Trinajstić information content (AvgIpc) is 2.89. The van der Waals surface area contributed by atoms with Crippen molar-refractivity contribution in [2.24, 2.45) is 5.92 Å². The molecule has 2 aliphatic rings. The van der Waals surface area contributed by atoms with Crippen LogP contribution in [0.25, 0.3) is 0 Å². The molecule has 0 radical (unpaired) electrons. The Hall–Kier alpha value is -3.13. The van der Waals surface area contributed by atoms with Gasteiger partial charge in [0.05, 0.1) is 17.9 Å². The summed E-state index contributed by atoms with van der Waals surface area (Å²) < 4.78 is 0. The first kappa shape index (κ1) is 26.9. The van der Waals surface area contributed by atoms with Crippen LogP contribution in [0, 0.1) is 12.8 Å². The Kier molecular flexibility index (Phi) is 8.37. The predicted molar refractivity (Wildman–Crippen MR) is 150 cm³/mol. The second-order valence-electron chi connectivity index (χ2n) is 10.9. The molecule has 2 aliphatic heterocycles. The van der Waals surface area contributed by atoms with Crippen LogP contribution in [0.1, 0.15) is 63.3 Å². The average molecular weight is 507 g/mol. The highest BCUT2D eigenvalue weighted by molar-refractivity contribution is 6.39. The molecule has 200 valence electrons. The number of anilines is 3. The SMILES string of the molecule is CCc1cc(NC(=O)C(=O)N2CC(C)CCC2c2ccc(N3CCN(C(C)C)CC3)c(C)c2)cnc1N. The maximum atomic E-state index is 13.4. The van der Waals surface area contributed by atoms with Gasteiger partial charge in [-0.15, -0.1) is 0 Å². The number of carbonyl (C=O) groups excluding carboxylic acids is 2. The molecule has 4 rings (SSSR count). The molecule has 1 aromatic carbocycles. The van der Waals surface area contributed by atoms with Crippen molar-refractivity contribution in [2.75, 3.05) is 48.7 Å². The molecule has 0 bridgehead atoms. The molecule has 8 nitrogen and oxygen atoms in total. The molecule has 3 N–H and O–H groups in total. The number of benzene rings is 1. The maximum Gasteiger partial charge on any atom is 0.313 e. The Labute approximate surface area is 221 Å². The number of rotatable bonds is 5. The second-order valence-corrected chi connectivity index (χ2v) is 10.9. The molecule has 2 amide bonds. The number of hydrogen-bond acceptors (Lipinski definition) is 6. The molecule has 37 heavy (non-hydrogen) atoms. The minimum absolute atomic E-state index is 0.115. The number of nitrogens with one attached hydrogen (secondary N) is 1. The summed E-state index contributed by atoms with van der Waals surface area (Å²) in [6, 6.07) is 8.80. The number of pyridine rings is 1. The molecule has 0 spiro atoms. The van der Waals surface area contributed by atoms with E-state index in [1.807, 2.05) is 6.92 Å². The van der Waals surface area contributed by atoms with Crippen molar-refractivity contribution < 1.29 is 9.59 Å². The molecule has 2 aromatic rings. The first-order chi connectivity index (χ1) is 17.7. The van der Waals surface area contributed by atoms with Crippen molar-refractivity contribution in [3.8, 4) is 0 Å². The Balaban J connectivity index is 1.49. The zero-order valence-electron chi connectivity index (χ0n) is 23.0. The molecule has 2 unspecified atom stereocenters. The van der Waals surface area contributed by atoms with Crippen LogP contribution in [-0.2, 0) is 16.0 Å². The molecular weight excluding hydrogens is 464 g/mol. The van der Waals surface area contributed by atoms with E-state index >= 15 is 0 Å². The number of nitrogen functional groups attached to an aromatic ring is 1. The first-order valence-electron chi connectivity index (χ1n) is 13.6. The summed E-state index contributed by atoms with van der Waals surface area (Å²) in [5, 5.41) is 2.74. The Bertz CT molecular complexity index is 1130. The lowest BCUT2D eigenvalue weighted by Gasteiger charge is -2.40. The fourth-order valence-electron chi connectivity index (χ4n) is 5.63. The summed E-state index contributed by atoms with van der Waals surface area (Å²) >= 11 is 0. The summed E-state index contributed by atoms with van der Waals surface area (Å²) in [6.07, 6.45) is 4.06. The molecule has 2 saturated heterocycles. The van der Waals surface area contributed by atoms with Gasteiger partial charge >= 0.3 is 11.8 Å². The Morgan fingerprint density at radius 1 is 1.14 bits per heavy atom. The Morgan fingerprint density at radius 3 is 2.51 bits per heavy atom. The van der Waals surface area contributed by atoms with E-state index in [4.69, 9.17) is 5.73 Å². The third-order valence-corrected chi connectivity index (χ3v) is 7.90. The Morgan fingerprint density at radius 2 is 1.86 bits per heavy atom. The van der Waals surface area contributed by atoms with E-state index in [0.717, 1.165) is 50.1 Å². The lowest BCUT2D eigenvalue weighted by molar-refractivity contribution is -0.146. The number of piperidine rings is 1. The zero-order valence-corrected chi connectivity index (χ0v) is 23.0. The third kappa shape index (κ3) is 6.06. The number of aryl methyl sites for hydroxylation is 2. The van der Waals surface area contributed by atoms with Crippen LogP contribution in [0.15, 0.2) is 30.5 Å². The van der Waals surface area contributed by atoms with E-state index in [0.29, 0.717) is 36.4 Å². The molecular formula is C29H42N6O2. The van der Waals surface area contributed by atoms with Gasteiger partial charge in [-0.05, 0) is 74.8 Å². The highest BCUT2D eigenvalue weighted by atomic mass is 16.2. The quantitative estimate of drug-likeness (QED) is 0.595. The van der Waals surface area contributed by atoms with Crippen LogP contribution < -0.4 is 16.0 Å². The number of nitrogens with zero attached hydrogens (tertiary/aromatic N) is 4. The third-order valence-electron chi connectivity index (χ3n) is 7.90. The molecule has 2 atom stereocenters. The number of piperazine rings is 1. The number of nitrogens with two attached hydrogens (primary N) is 1. The van der Waals surface area contributed by atoms with E-state index in [2.05, 4.69) is 66.0 Å². The second kappa shape index (κ2) is 11.5. The van der Waals surface area contributed by atoms with Gasteiger partial charge in [0.1, 0.15) is 5.82 Å². The van der Waals surface area contributed by atoms with Gasteiger partial charge in [-0.25, -0.2) is 4.98 Å². The van der Waals surface area contributed by atoms with Crippen LogP contribution in [0.5, 0.6) is 0 Å². The standard InChI is InChI=1S/C29H42N6O2/c1-6-22-16-24(17-31-27(22)30)32-28(36)29(37)35-18-20(4)7-9-26(35)23-8-10-25(21(5)15-23)34-13-11-33(12-14-34)19(2)3/h8,10,15-17,19-20,26H,6-7,9,11-14,18H2,1-5H3,(H2,30,31)(H,32,36). The molecule has 8 heteroatoms. The summed E-state index contributed by atoms with van der Waals surface area (Å²) in [4.78, 5) is 37.3. The fraction of sp³-hybridized carbons (Fsp3) is 0.552. The number of aromatic nitrogens is 1. The molecule has 3 heterocycles. The topological polar surface area (TPSA) is 94.8 Å². The lowest BCUT2D eigenvalue weighted by Crippen LogP contribution is -2.49. The van der Waals surface area contributed by atoms with Gasteiger partial charge in [0.15, 0.2) is 0 Å². The van der Waals surface area contributed by atoms with Gasteiger partial charge in [0.25, 0.3) is 0 Å². The minimum atomic E-state index is -0.635. The van der Waals surface area contributed by atoms with Gasteiger partial charge in [-0.3, -0.25) is 14.5 Å². The van der Waals surface area contributed by atoms with Crippen LogP contribution in [0.4, 0.5) is 17.2 Å². The van der Waals surface area contributed by atoms with Gasteiger partial charge in [-0.1, -0.05) is 26.0 Å². The molecule has 1 aromatic heterocycles. The number of hydrogen-bond donors (Lipinski definition) is 2. The minimum Gasteiger partial charge on any atom is -0.383 e. The fourth-order valence-corrected chi connectivity index (χ4v) is 5.63. The van der Waals surface area contributed by atoms with Crippen molar-refractivity contribution in [2.45, 2.75) is 66.0 Å². The molecule has 0 saturated carbocycles. The number of carbonyl (C=O) groups is 2. The van der Waals surface area contributed by atoms with Gasteiger partial charge in [-0.2, -0.15) is 0 Å². The normalized spacial score (nSPS) is 20.8. The van der Waals surface area contributed by atoms with Crippen molar-refractivity contribution in [1.82, 2.24) is 14.8 Å². The molecule has 2 fully saturated rings. The van der Waals surface area contributed by atoms with Crippen LogP contribution in [-0.4, -0.2) is 65.4 Å². The molecule has 0 aliphatic carbocycles. The predicted octanol–water partition coefficient (Wildman–Crippen LogP) is 4.00. The van der Waals surface area contributed by atoms with Gasteiger partial charge < -0.3 is 20.9 Å². The summed E-state index contributed by atoms with van der Waals surface area (Å²) in [7, 11) is 0. The van der Waals surface area contributed by atoms with Crippen molar-refractivity contribution in [3.63, 3.8) is 0 Å². The lowest BCUT2D eigenvalue weighted by atomic mass is 9.89. The number of amides is 2. The first-order valence-corrected chi connectivity index (χ1v) is 13.6. The largest absolute Gasteiger partial charge is 0.383 e. The zero-order chi connectivity index (χ0) is 26.7.